The van der Waals surface area contributed by atoms with E-state index in [4.69, 9.17) is 14.6 Å². The average Bonchev–Trinajstić information content (AvgIpc) is 2.46. The van der Waals surface area contributed by atoms with Crippen LogP contribution in [0.15, 0.2) is 0 Å². The molecule has 0 aromatic carbocycles. The predicted octanol–water partition coefficient (Wildman–Crippen LogP) is -3.22. The number of hydrogen-bond donors (Lipinski definition) is 6. The second-order valence-electron chi connectivity index (χ2n) is 5.08. The van der Waals surface area contributed by atoms with Crippen molar-refractivity contribution in [2.24, 2.45) is 0 Å². The van der Waals surface area contributed by atoms with Gasteiger partial charge in [-0.15, -0.1) is 0 Å². The molecule has 0 saturated carbocycles. The first-order chi connectivity index (χ1) is 10.2. The van der Waals surface area contributed by atoms with E-state index in [0.717, 1.165) is 14.0 Å². The second kappa shape index (κ2) is 7.31. The molecule has 0 radical (unpaired) electrons. The van der Waals surface area contributed by atoms with Crippen LogP contribution in [0.25, 0.3) is 0 Å². The fraction of sp³-hybridized carbons (Fsp3) is 0.833. The third-order valence-electron chi connectivity index (χ3n) is 3.52. The van der Waals surface area contributed by atoms with Crippen molar-refractivity contribution in [1.29, 1.82) is 0 Å². The smallest absolute Gasteiger partial charge is 0.364 e. The average molecular weight is 323 g/mol. The first kappa shape index (κ1) is 18.7. The van der Waals surface area contributed by atoms with E-state index < -0.39 is 61.1 Å². The summed E-state index contributed by atoms with van der Waals surface area (Å²) >= 11 is 0. The number of carboxylic acids is 1. The second-order valence-corrected chi connectivity index (χ2v) is 5.08. The molecule has 0 aliphatic carbocycles. The number of nitrogens with one attached hydrogen (secondary N) is 1. The lowest BCUT2D eigenvalue weighted by Crippen LogP contribution is -2.67. The van der Waals surface area contributed by atoms with E-state index in [0.29, 0.717) is 0 Å². The van der Waals surface area contributed by atoms with Gasteiger partial charge in [0.25, 0.3) is 5.79 Å². The Morgan fingerprint density at radius 3 is 2.45 bits per heavy atom. The highest BCUT2D eigenvalue weighted by Crippen LogP contribution is 2.32. The Morgan fingerprint density at radius 1 is 1.45 bits per heavy atom. The molecule has 1 saturated heterocycles. The van der Waals surface area contributed by atoms with E-state index in [1.807, 2.05) is 0 Å². The fourth-order valence-electron chi connectivity index (χ4n) is 2.34. The van der Waals surface area contributed by atoms with Gasteiger partial charge >= 0.3 is 5.97 Å². The van der Waals surface area contributed by atoms with Crippen LogP contribution in [0.5, 0.6) is 0 Å². The van der Waals surface area contributed by atoms with Gasteiger partial charge in [0.05, 0.1) is 18.8 Å². The quantitative estimate of drug-likeness (QED) is 0.295. The van der Waals surface area contributed by atoms with E-state index in [1.165, 1.54) is 0 Å². The molecule has 1 aliphatic heterocycles. The van der Waals surface area contributed by atoms with E-state index in [-0.39, 0.29) is 0 Å². The minimum Gasteiger partial charge on any atom is -0.477 e. The predicted molar refractivity (Wildman–Crippen MR) is 69.6 cm³/mol. The maximum absolute atomic E-state index is 11.3. The Labute approximate surface area is 126 Å². The zero-order valence-electron chi connectivity index (χ0n) is 12.2. The number of aliphatic hydroxyl groups is 4. The number of amides is 1. The van der Waals surface area contributed by atoms with Gasteiger partial charge in [-0.25, -0.2) is 4.79 Å². The summed E-state index contributed by atoms with van der Waals surface area (Å²) in [5.74, 6) is -4.33. The van der Waals surface area contributed by atoms with E-state index in [9.17, 15) is 30.0 Å². The van der Waals surface area contributed by atoms with Crippen molar-refractivity contribution in [3.63, 3.8) is 0 Å². The molecule has 128 valence electrons. The molecule has 1 heterocycles. The first-order valence-electron chi connectivity index (χ1n) is 6.57. The van der Waals surface area contributed by atoms with Crippen molar-refractivity contribution in [1.82, 2.24) is 5.32 Å². The van der Waals surface area contributed by atoms with E-state index in [2.05, 4.69) is 5.32 Å². The van der Waals surface area contributed by atoms with Crippen LogP contribution in [0.2, 0.25) is 0 Å². The SMILES string of the molecule is CO[C@]1(C(=O)O)C[C@H](O)[C@@H](NC(C)=O)C([C@H](O)[C@H](O)CO)O1. The fourth-order valence-corrected chi connectivity index (χ4v) is 2.34. The summed E-state index contributed by atoms with van der Waals surface area (Å²) in [6, 6.07) is -1.18. The topological polar surface area (TPSA) is 166 Å². The van der Waals surface area contributed by atoms with Crippen LogP contribution in [-0.2, 0) is 19.1 Å². The van der Waals surface area contributed by atoms with Gasteiger partial charge in [-0.2, -0.15) is 0 Å². The molecule has 10 heteroatoms. The van der Waals surface area contributed by atoms with Crippen LogP contribution < -0.4 is 5.32 Å². The Hall–Kier alpha value is -1.30. The molecule has 6 atom stereocenters. The molecular formula is C12H21NO9. The molecule has 1 aliphatic rings. The van der Waals surface area contributed by atoms with Crippen molar-refractivity contribution in [3.8, 4) is 0 Å². The molecule has 1 fully saturated rings. The Bertz CT molecular complexity index is 417. The number of ether oxygens (including phenoxy) is 2. The molecular weight excluding hydrogens is 302 g/mol. The zero-order chi connectivity index (χ0) is 17.1. The first-order valence-corrected chi connectivity index (χ1v) is 6.57. The lowest BCUT2D eigenvalue weighted by molar-refractivity contribution is -0.303. The van der Waals surface area contributed by atoms with Crippen molar-refractivity contribution in [2.75, 3.05) is 13.7 Å². The summed E-state index contributed by atoms with van der Waals surface area (Å²) in [5.41, 5.74) is 0. The van der Waals surface area contributed by atoms with E-state index >= 15 is 0 Å². The van der Waals surface area contributed by atoms with Crippen LogP contribution in [0.4, 0.5) is 0 Å². The lowest BCUT2D eigenvalue weighted by Gasteiger charge is -2.46. The van der Waals surface area contributed by atoms with Gasteiger partial charge in [-0.05, 0) is 0 Å². The molecule has 1 amide bonds. The number of hydrogen-bond acceptors (Lipinski definition) is 8. The van der Waals surface area contributed by atoms with E-state index in [1.54, 1.807) is 0 Å². The molecule has 0 bridgehead atoms. The van der Waals surface area contributed by atoms with Gasteiger partial charge in [0.1, 0.15) is 18.3 Å². The summed E-state index contributed by atoms with van der Waals surface area (Å²) in [6.45, 7) is 0.338. The van der Waals surface area contributed by atoms with Crippen LogP contribution in [-0.4, -0.2) is 87.4 Å². The third kappa shape index (κ3) is 3.72. The van der Waals surface area contributed by atoms with Gasteiger partial charge in [0.2, 0.25) is 5.91 Å². The summed E-state index contributed by atoms with van der Waals surface area (Å²) < 4.78 is 10.0. The third-order valence-corrected chi connectivity index (χ3v) is 3.52. The summed E-state index contributed by atoms with van der Waals surface area (Å²) in [4.78, 5) is 22.6. The molecule has 0 spiro atoms. The number of aliphatic hydroxyl groups excluding tert-OH is 4. The van der Waals surface area contributed by atoms with Gasteiger partial charge in [-0.1, -0.05) is 0 Å². The lowest BCUT2D eigenvalue weighted by atomic mass is 9.88. The molecule has 1 rings (SSSR count). The molecule has 22 heavy (non-hydrogen) atoms. The van der Waals surface area contributed by atoms with Gasteiger partial charge < -0.3 is 40.3 Å². The number of aliphatic carboxylic acids is 1. The zero-order valence-corrected chi connectivity index (χ0v) is 12.2. The summed E-state index contributed by atoms with van der Waals surface area (Å²) in [6.07, 6.45) is -6.84. The summed E-state index contributed by atoms with van der Waals surface area (Å²) in [5, 5.41) is 50.1. The maximum atomic E-state index is 11.3. The number of carbonyl (C=O) groups excluding carboxylic acids is 1. The Kier molecular flexibility index (Phi) is 6.23. The Balaban J connectivity index is 3.14. The van der Waals surface area contributed by atoms with Gasteiger partial charge in [0, 0.05) is 20.5 Å². The largest absolute Gasteiger partial charge is 0.477 e. The Morgan fingerprint density at radius 2 is 2.05 bits per heavy atom. The number of carboxylic acid groups (broad SMARTS) is 1. The standard InChI is InChI=1S/C12H21NO9/c1-5(15)13-8-6(16)3-12(21-2,11(19)20)22-10(8)9(18)7(17)4-14/h6-10,14,16-18H,3-4H2,1-2H3,(H,13,15)(H,19,20)/t6-,7+,8+,9+,10?,12+/m0/s1. The molecule has 0 aromatic rings. The summed E-state index contributed by atoms with van der Waals surface area (Å²) in [7, 11) is 1.05. The highest BCUT2D eigenvalue weighted by Gasteiger charge is 2.55. The van der Waals surface area contributed by atoms with Crippen molar-refractivity contribution >= 4 is 11.9 Å². The number of rotatable bonds is 6. The van der Waals surface area contributed by atoms with Gasteiger partial charge in [-0.3, -0.25) is 4.79 Å². The minimum atomic E-state index is -2.24. The van der Waals surface area contributed by atoms with Gasteiger partial charge in [0.15, 0.2) is 0 Å². The minimum absolute atomic E-state index is 0.498. The van der Waals surface area contributed by atoms with Crippen molar-refractivity contribution in [3.05, 3.63) is 0 Å². The number of methoxy groups -OCH3 is 1. The molecule has 0 aromatic heterocycles. The number of carbonyl (C=O) groups is 2. The van der Waals surface area contributed by atoms with Crippen LogP contribution in [0, 0.1) is 0 Å². The normalized spacial score (nSPS) is 34.7. The van der Waals surface area contributed by atoms with Crippen molar-refractivity contribution in [2.45, 2.75) is 49.6 Å². The monoisotopic (exact) mass is 323 g/mol. The molecule has 1 unspecified atom stereocenters. The highest BCUT2D eigenvalue weighted by atomic mass is 16.7. The maximum Gasteiger partial charge on any atom is 0.364 e. The van der Waals surface area contributed by atoms with Crippen LogP contribution in [0.3, 0.4) is 0 Å². The molecule has 6 N–H and O–H groups in total. The van der Waals surface area contributed by atoms with Crippen molar-refractivity contribution < 1.29 is 44.6 Å². The van der Waals surface area contributed by atoms with Crippen LogP contribution >= 0.6 is 0 Å². The molecule has 10 nitrogen and oxygen atoms in total. The van der Waals surface area contributed by atoms with Crippen LogP contribution in [0.1, 0.15) is 13.3 Å². The highest BCUT2D eigenvalue weighted by molar-refractivity contribution is 5.76.